The zero-order chi connectivity index (χ0) is 12.5. The third kappa shape index (κ3) is 2.45. The molecule has 1 aromatic heterocycles. The Bertz CT molecular complexity index is 558. The topological polar surface area (TPSA) is 49.8 Å². The lowest BCUT2D eigenvalue weighted by Gasteiger charge is -2.08. The van der Waals surface area contributed by atoms with Gasteiger partial charge in [0.25, 0.3) is 0 Å². The molecule has 2 rings (SSSR count). The molecule has 4 heteroatoms. The van der Waals surface area contributed by atoms with Crippen LogP contribution < -0.4 is 5.38 Å². The fourth-order valence-electron chi connectivity index (χ4n) is 1.48. The van der Waals surface area contributed by atoms with E-state index in [1.54, 1.807) is 12.1 Å². The Labute approximate surface area is 102 Å². The van der Waals surface area contributed by atoms with Crippen molar-refractivity contribution >= 4 is 13.5 Å². The Kier molecular flexibility index (Phi) is 2.86. The fourth-order valence-corrected chi connectivity index (χ4v) is 2.37. The van der Waals surface area contributed by atoms with E-state index in [9.17, 15) is 0 Å². The molecular weight excluding hydrogens is 228 g/mol. The molecular formula is C13H14N2OSi. The predicted octanol–water partition coefficient (Wildman–Crippen LogP) is 2.76. The van der Waals surface area contributed by atoms with Crippen molar-refractivity contribution in [2.24, 2.45) is 0 Å². The lowest BCUT2D eigenvalue weighted by Crippen LogP contribution is -2.36. The average Bonchev–Trinajstić information content (AvgIpc) is 2.78. The molecule has 0 N–H and O–H groups in total. The van der Waals surface area contributed by atoms with Gasteiger partial charge in [0, 0.05) is 11.6 Å². The highest BCUT2D eigenvalue weighted by atomic mass is 28.3. The molecule has 0 aliphatic carbocycles. The first-order chi connectivity index (χ1) is 8.00. The molecule has 2 aromatic rings. The van der Waals surface area contributed by atoms with Crippen LogP contribution in [0.15, 0.2) is 34.9 Å². The molecule has 0 saturated heterocycles. The van der Waals surface area contributed by atoms with E-state index in [0.29, 0.717) is 5.56 Å². The van der Waals surface area contributed by atoms with Crippen LogP contribution >= 0.6 is 0 Å². The number of rotatable bonds is 2. The van der Waals surface area contributed by atoms with Crippen LogP contribution in [-0.4, -0.2) is 13.2 Å². The summed E-state index contributed by atoms with van der Waals surface area (Å²) in [5.41, 5.74) is 2.48. The second kappa shape index (κ2) is 4.19. The van der Waals surface area contributed by atoms with Crippen molar-refractivity contribution in [3.05, 3.63) is 35.9 Å². The van der Waals surface area contributed by atoms with Gasteiger partial charge in [-0.05, 0) is 12.1 Å². The highest BCUT2D eigenvalue weighted by molar-refractivity contribution is 6.87. The Hall–Kier alpha value is -1.86. The van der Waals surface area contributed by atoms with E-state index in [4.69, 9.17) is 9.78 Å². The Morgan fingerprint density at radius 2 is 1.82 bits per heavy atom. The first-order valence-corrected chi connectivity index (χ1v) is 8.98. The molecule has 0 unspecified atom stereocenters. The van der Waals surface area contributed by atoms with Crippen LogP contribution in [0.2, 0.25) is 19.6 Å². The summed E-state index contributed by atoms with van der Waals surface area (Å²) in [4.78, 5) is 0. The van der Waals surface area contributed by atoms with Gasteiger partial charge in [-0.2, -0.15) is 5.26 Å². The molecule has 0 bridgehead atoms. The Morgan fingerprint density at radius 3 is 2.29 bits per heavy atom. The van der Waals surface area contributed by atoms with Gasteiger partial charge in [-0.1, -0.05) is 36.9 Å². The van der Waals surface area contributed by atoms with E-state index in [1.165, 1.54) is 0 Å². The number of nitriles is 1. The Balaban J connectivity index is 2.34. The van der Waals surface area contributed by atoms with Crippen LogP contribution in [0.3, 0.4) is 0 Å². The summed E-state index contributed by atoms with van der Waals surface area (Å²) >= 11 is 0. The molecule has 0 spiro atoms. The van der Waals surface area contributed by atoms with E-state index >= 15 is 0 Å². The van der Waals surface area contributed by atoms with Gasteiger partial charge in [-0.3, -0.25) is 0 Å². The summed E-state index contributed by atoms with van der Waals surface area (Å²) in [6.45, 7) is 6.65. The summed E-state index contributed by atoms with van der Waals surface area (Å²) in [5, 5.41) is 13.8. The quantitative estimate of drug-likeness (QED) is 0.761. The number of aromatic nitrogens is 1. The molecule has 0 saturated carbocycles. The summed E-state index contributed by atoms with van der Waals surface area (Å²) in [6, 6.07) is 11.5. The largest absolute Gasteiger partial charge is 0.366 e. The lowest BCUT2D eigenvalue weighted by molar-refractivity contribution is 0.446. The number of benzene rings is 1. The molecule has 0 atom stereocenters. The van der Waals surface area contributed by atoms with Crippen molar-refractivity contribution in [3.8, 4) is 17.3 Å². The number of hydrogen-bond donors (Lipinski definition) is 0. The van der Waals surface area contributed by atoms with Gasteiger partial charge in [-0.25, -0.2) is 0 Å². The fraction of sp³-hybridized carbons (Fsp3) is 0.231. The van der Waals surface area contributed by atoms with Crippen LogP contribution in [0.5, 0.6) is 0 Å². The minimum Gasteiger partial charge on any atom is -0.366 e. The van der Waals surface area contributed by atoms with Crippen LogP contribution in [0.25, 0.3) is 11.3 Å². The third-order valence-corrected chi connectivity index (χ3v) is 4.27. The summed E-state index contributed by atoms with van der Waals surface area (Å²) in [7, 11) is -1.44. The van der Waals surface area contributed by atoms with Crippen LogP contribution in [0.1, 0.15) is 5.56 Å². The maximum absolute atomic E-state index is 8.73. The van der Waals surface area contributed by atoms with Crippen LogP contribution in [0, 0.1) is 11.3 Å². The lowest BCUT2D eigenvalue weighted by atomic mass is 10.1. The molecule has 3 nitrogen and oxygen atoms in total. The van der Waals surface area contributed by atoms with Gasteiger partial charge >= 0.3 is 0 Å². The molecule has 0 aliphatic rings. The summed E-state index contributed by atoms with van der Waals surface area (Å²) in [6.07, 6.45) is 0. The molecule has 86 valence electrons. The second-order valence-corrected chi connectivity index (χ2v) is 10.0. The number of hydrogen-bond acceptors (Lipinski definition) is 3. The standard InChI is InChI=1S/C13H14N2OSi/c1-17(2,3)13-8-12(15-16-13)11-6-4-10(9-14)5-7-11/h4-8H,1-3H3. The molecule has 0 amide bonds. The minimum absolute atomic E-state index is 0.655. The van der Waals surface area contributed by atoms with Gasteiger partial charge < -0.3 is 4.52 Å². The van der Waals surface area contributed by atoms with Gasteiger partial charge in [-0.15, -0.1) is 0 Å². The van der Waals surface area contributed by atoms with Crippen LogP contribution in [-0.2, 0) is 0 Å². The van der Waals surface area contributed by atoms with Crippen molar-refractivity contribution in [1.82, 2.24) is 5.16 Å². The summed E-state index contributed by atoms with van der Waals surface area (Å²) in [5.74, 6) is 0. The molecule has 1 aromatic carbocycles. The zero-order valence-electron chi connectivity index (χ0n) is 10.2. The second-order valence-electron chi connectivity index (χ2n) is 5.02. The maximum Gasteiger partial charge on any atom is 0.127 e. The van der Waals surface area contributed by atoms with E-state index in [2.05, 4.69) is 30.9 Å². The number of nitrogens with zero attached hydrogens (tertiary/aromatic N) is 2. The molecule has 0 aliphatic heterocycles. The molecule has 1 heterocycles. The smallest absolute Gasteiger partial charge is 0.127 e. The average molecular weight is 242 g/mol. The van der Waals surface area contributed by atoms with E-state index in [0.717, 1.165) is 16.6 Å². The first kappa shape index (κ1) is 11.6. The van der Waals surface area contributed by atoms with Crippen LogP contribution in [0.4, 0.5) is 0 Å². The maximum atomic E-state index is 8.73. The van der Waals surface area contributed by atoms with Gasteiger partial charge in [0.05, 0.1) is 11.6 Å². The highest BCUT2D eigenvalue weighted by Crippen LogP contribution is 2.18. The molecule has 0 radical (unpaired) electrons. The Morgan fingerprint density at radius 1 is 1.18 bits per heavy atom. The predicted molar refractivity (Wildman–Crippen MR) is 69.6 cm³/mol. The highest BCUT2D eigenvalue weighted by Gasteiger charge is 2.22. The SMILES string of the molecule is C[Si](C)(C)c1cc(-c2ccc(C#N)cc2)no1. The van der Waals surface area contributed by atoms with Gasteiger partial charge in [0.15, 0.2) is 0 Å². The van der Waals surface area contributed by atoms with Crippen molar-refractivity contribution in [2.75, 3.05) is 0 Å². The molecule has 17 heavy (non-hydrogen) atoms. The minimum atomic E-state index is -1.44. The van der Waals surface area contributed by atoms with E-state index < -0.39 is 8.07 Å². The van der Waals surface area contributed by atoms with Crippen molar-refractivity contribution in [2.45, 2.75) is 19.6 Å². The summed E-state index contributed by atoms with van der Waals surface area (Å²) < 4.78 is 5.39. The van der Waals surface area contributed by atoms with E-state index in [-0.39, 0.29) is 0 Å². The third-order valence-electron chi connectivity index (χ3n) is 2.56. The van der Waals surface area contributed by atoms with Crippen molar-refractivity contribution in [1.29, 1.82) is 5.26 Å². The molecule has 0 fully saturated rings. The van der Waals surface area contributed by atoms with Gasteiger partial charge in [0.2, 0.25) is 0 Å². The van der Waals surface area contributed by atoms with Crippen molar-refractivity contribution in [3.63, 3.8) is 0 Å². The first-order valence-electron chi connectivity index (χ1n) is 5.48. The van der Waals surface area contributed by atoms with Crippen molar-refractivity contribution < 1.29 is 4.52 Å². The zero-order valence-corrected chi connectivity index (χ0v) is 11.2. The monoisotopic (exact) mass is 242 g/mol. The van der Waals surface area contributed by atoms with E-state index in [1.807, 2.05) is 18.2 Å². The van der Waals surface area contributed by atoms with Gasteiger partial charge in [0.1, 0.15) is 19.2 Å². The normalized spacial score (nSPS) is 11.2.